The summed E-state index contributed by atoms with van der Waals surface area (Å²) in [5.74, 6) is 2.63. The summed E-state index contributed by atoms with van der Waals surface area (Å²) in [4.78, 5) is 0. The SMILES string of the molecule is CC(CN)NC1CCSCC1. The van der Waals surface area contributed by atoms with Gasteiger partial charge in [-0.05, 0) is 31.3 Å². The molecule has 0 aromatic heterocycles. The molecule has 0 radical (unpaired) electrons. The van der Waals surface area contributed by atoms with Crippen LogP contribution in [0.15, 0.2) is 0 Å². The molecule has 0 aliphatic carbocycles. The van der Waals surface area contributed by atoms with E-state index in [-0.39, 0.29) is 0 Å². The summed E-state index contributed by atoms with van der Waals surface area (Å²) in [6, 6.07) is 1.22. The monoisotopic (exact) mass is 174 g/mol. The van der Waals surface area contributed by atoms with Crippen LogP contribution >= 0.6 is 11.8 Å². The summed E-state index contributed by atoms with van der Waals surface area (Å²) >= 11 is 2.06. The normalized spacial score (nSPS) is 23.5. The fourth-order valence-electron chi connectivity index (χ4n) is 1.33. The molecule has 1 aliphatic rings. The Morgan fingerprint density at radius 1 is 1.55 bits per heavy atom. The first-order chi connectivity index (χ1) is 5.33. The lowest BCUT2D eigenvalue weighted by Crippen LogP contribution is -2.42. The predicted molar refractivity (Wildman–Crippen MR) is 52.0 cm³/mol. The van der Waals surface area contributed by atoms with Crippen LogP contribution in [0.5, 0.6) is 0 Å². The summed E-state index contributed by atoms with van der Waals surface area (Å²) in [6.07, 6.45) is 2.63. The van der Waals surface area contributed by atoms with Crippen molar-refractivity contribution >= 4 is 11.8 Å². The van der Waals surface area contributed by atoms with Crippen molar-refractivity contribution in [1.29, 1.82) is 0 Å². The Morgan fingerprint density at radius 2 is 2.18 bits per heavy atom. The average Bonchev–Trinajstić information content (AvgIpc) is 2.06. The van der Waals surface area contributed by atoms with Gasteiger partial charge in [-0.15, -0.1) is 0 Å². The topological polar surface area (TPSA) is 38.0 Å². The molecule has 1 rings (SSSR count). The molecule has 2 nitrogen and oxygen atoms in total. The van der Waals surface area contributed by atoms with Gasteiger partial charge in [0.05, 0.1) is 0 Å². The molecule has 1 aliphatic heterocycles. The minimum Gasteiger partial charge on any atom is -0.329 e. The highest BCUT2D eigenvalue weighted by atomic mass is 32.2. The van der Waals surface area contributed by atoms with Crippen molar-refractivity contribution in [3.8, 4) is 0 Å². The third kappa shape index (κ3) is 3.45. The maximum Gasteiger partial charge on any atom is 0.0164 e. The van der Waals surface area contributed by atoms with Crippen LogP contribution in [0, 0.1) is 0 Å². The summed E-state index contributed by atoms with van der Waals surface area (Å²) in [6.45, 7) is 2.91. The molecule has 1 atom stereocenters. The molecule has 3 heteroatoms. The van der Waals surface area contributed by atoms with E-state index >= 15 is 0 Å². The fraction of sp³-hybridized carbons (Fsp3) is 1.00. The van der Waals surface area contributed by atoms with Gasteiger partial charge in [0, 0.05) is 18.6 Å². The lowest BCUT2D eigenvalue weighted by molar-refractivity contribution is 0.427. The molecule has 66 valence electrons. The summed E-state index contributed by atoms with van der Waals surface area (Å²) in [7, 11) is 0. The number of nitrogens with one attached hydrogen (secondary N) is 1. The maximum atomic E-state index is 5.52. The van der Waals surface area contributed by atoms with E-state index in [4.69, 9.17) is 5.73 Å². The first-order valence-electron chi connectivity index (χ1n) is 4.37. The Bertz CT molecular complexity index is 102. The van der Waals surface area contributed by atoms with Crippen molar-refractivity contribution in [2.45, 2.75) is 31.8 Å². The lowest BCUT2D eigenvalue weighted by atomic mass is 10.1. The third-order valence-corrected chi connectivity index (χ3v) is 3.14. The van der Waals surface area contributed by atoms with Gasteiger partial charge in [-0.1, -0.05) is 0 Å². The molecule has 3 N–H and O–H groups in total. The second-order valence-electron chi connectivity index (χ2n) is 3.19. The van der Waals surface area contributed by atoms with Crippen LogP contribution in [0.4, 0.5) is 0 Å². The van der Waals surface area contributed by atoms with E-state index in [0.717, 1.165) is 12.6 Å². The van der Waals surface area contributed by atoms with Crippen molar-refractivity contribution in [3.05, 3.63) is 0 Å². The largest absolute Gasteiger partial charge is 0.329 e. The molecular formula is C8H18N2S. The van der Waals surface area contributed by atoms with Crippen molar-refractivity contribution in [1.82, 2.24) is 5.32 Å². The van der Waals surface area contributed by atoms with E-state index in [2.05, 4.69) is 24.0 Å². The van der Waals surface area contributed by atoms with Gasteiger partial charge >= 0.3 is 0 Å². The zero-order valence-electron chi connectivity index (χ0n) is 7.18. The van der Waals surface area contributed by atoms with Crippen LogP contribution in [0.3, 0.4) is 0 Å². The second-order valence-corrected chi connectivity index (χ2v) is 4.41. The zero-order valence-corrected chi connectivity index (χ0v) is 7.99. The second kappa shape index (κ2) is 5.01. The number of hydrogen-bond acceptors (Lipinski definition) is 3. The Labute approximate surface area is 73.3 Å². The molecule has 1 unspecified atom stereocenters. The number of rotatable bonds is 3. The highest BCUT2D eigenvalue weighted by Gasteiger charge is 2.14. The molecule has 1 heterocycles. The standard InChI is InChI=1S/C8H18N2S/c1-7(6-9)10-8-2-4-11-5-3-8/h7-8,10H,2-6,9H2,1H3. The summed E-state index contributed by atoms with van der Waals surface area (Å²) < 4.78 is 0. The van der Waals surface area contributed by atoms with Gasteiger partial charge in [-0.25, -0.2) is 0 Å². The third-order valence-electron chi connectivity index (χ3n) is 2.10. The molecule has 0 aromatic carbocycles. The lowest BCUT2D eigenvalue weighted by Gasteiger charge is -2.25. The van der Waals surface area contributed by atoms with Crippen molar-refractivity contribution in [2.24, 2.45) is 5.73 Å². The Morgan fingerprint density at radius 3 is 2.73 bits per heavy atom. The number of thioether (sulfide) groups is 1. The van der Waals surface area contributed by atoms with Crippen molar-refractivity contribution < 1.29 is 0 Å². The van der Waals surface area contributed by atoms with Crippen LogP contribution in [0.25, 0.3) is 0 Å². The Hall–Kier alpha value is 0.270. The van der Waals surface area contributed by atoms with Gasteiger partial charge in [-0.2, -0.15) is 11.8 Å². The molecule has 0 saturated carbocycles. The minimum absolute atomic E-state index is 0.489. The smallest absolute Gasteiger partial charge is 0.0164 e. The molecule has 1 saturated heterocycles. The molecule has 0 spiro atoms. The zero-order chi connectivity index (χ0) is 8.10. The fourth-order valence-corrected chi connectivity index (χ4v) is 2.44. The first kappa shape index (κ1) is 9.36. The highest BCUT2D eigenvalue weighted by Crippen LogP contribution is 2.16. The molecule has 0 aromatic rings. The average molecular weight is 174 g/mol. The van der Waals surface area contributed by atoms with E-state index in [9.17, 15) is 0 Å². The van der Waals surface area contributed by atoms with E-state index in [1.807, 2.05) is 0 Å². The molecular weight excluding hydrogens is 156 g/mol. The predicted octanol–water partition coefficient (Wildman–Crippen LogP) is 0.819. The molecule has 0 amide bonds. The van der Waals surface area contributed by atoms with Gasteiger partial charge < -0.3 is 11.1 Å². The van der Waals surface area contributed by atoms with Gasteiger partial charge in [0.2, 0.25) is 0 Å². The maximum absolute atomic E-state index is 5.52. The molecule has 1 fully saturated rings. The number of nitrogens with two attached hydrogens (primary N) is 1. The minimum atomic E-state index is 0.489. The summed E-state index contributed by atoms with van der Waals surface area (Å²) in [5.41, 5.74) is 5.52. The molecule has 0 bridgehead atoms. The van der Waals surface area contributed by atoms with Crippen molar-refractivity contribution in [3.63, 3.8) is 0 Å². The number of hydrogen-bond donors (Lipinski definition) is 2. The Kier molecular flexibility index (Phi) is 4.26. The first-order valence-corrected chi connectivity index (χ1v) is 5.52. The van der Waals surface area contributed by atoms with Crippen LogP contribution < -0.4 is 11.1 Å². The van der Waals surface area contributed by atoms with E-state index in [1.54, 1.807) is 0 Å². The highest BCUT2D eigenvalue weighted by molar-refractivity contribution is 7.99. The quantitative estimate of drug-likeness (QED) is 0.665. The van der Waals surface area contributed by atoms with Gasteiger partial charge in [-0.3, -0.25) is 0 Å². The van der Waals surface area contributed by atoms with Crippen LogP contribution in [-0.4, -0.2) is 30.1 Å². The van der Waals surface area contributed by atoms with Crippen molar-refractivity contribution in [2.75, 3.05) is 18.1 Å². The Balaban J connectivity index is 2.13. The van der Waals surface area contributed by atoms with Gasteiger partial charge in [0.15, 0.2) is 0 Å². The van der Waals surface area contributed by atoms with Crippen LogP contribution in [0.2, 0.25) is 0 Å². The van der Waals surface area contributed by atoms with E-state index < -0.39 is 0 Å². The van der Waals surface area contributed by atoms with Gasteiger partial charge in [0.1, 0.15) is 0 Å². The summed E-state index contributed by atoms with van der Waals surface area (Å²) in [5, 5.41) is 3.53. The van der Waals surface area contributed by atoms with Crippen LogP contribution in [-0.2, 0) is 0 Å². The van der Waals surface area contributed by atoms with E-state index in [0.29, 0.717) is 6.04 Å². The molecule has 11 heavy (non-hydrogen) atoms. The van der Waals surface area contributed by atoms with Gasteiger partial charge in [0.25, 0.3) is 0 Å². The van der Waals surface area contributed by atoms with Crippen LogP contribution in [0.1, 0.15) is 19.8 Å². The van der Waals surface area contributed by atoms with E-state index in [1.165, 1.54) is 24.3 Å².